The van der Waals surface area contributed by atoms with Crippen LogP contribution in [0.2, 0.25) is 5.02 Å². The van der Waals surface area contributed by atoms with Gasteiger partial charge in [-0.3, -0.25) is 4.84 Å². The smallest absolute Gasteiger partial charge is 0.145 e. The first-order valence-corrected chi connectivity index (χ1v) is 3.48. The molecule has 0 aliphatic carbocycles. The quantitative estimate of drug-likeness (QED) is 0.576. The molecule has 2 N–H and O–H groups in total. The lowest BCUT2D eigenvalue weighted by Gasteiger charge is -2.02. The van der Waals surface area contributed by atoms with E-state index in [4.69, 9.17) is 17.5 Å². The lowest BCUT2D eigenvalue weighted by atomic mass is 10.2. The van der Waals surface area contributed by atoms with Gasteiger partial charge in [0.2, 0.25) is 0 Å². The zero-order valence-electron chi connectivity index (χ0n) is 5.98. The predicted octanol–water partition coefficient (Wildman–Crippen LogP) is 2.01. The first kappa shape index (κ1) is 9.38. The monoisotopic (exact) mass is 193 g/mol. The van der Waals surface area contributed by atoms with Crippen molar-refractivity contribution >= 4 is 11.6 Å². The van der Waals surface area contributed by atoms with Crippen molar-refractivity contribution in [3.05, 3.63) is 34.4 Å². The summed E-state index contributed by atoms with van der Waals surface area (Å²) in [5.74, 6) is 3.21. The van der Waals surface area contributed by atoms with Crippen LogP contribution in [0.4, 0.5) is 8.78 Å². The van der Waals surface area contributed by atoms with Crippen LogP contribution in [-0.4, -0.2) is 0 Å². The molecule has 0 saturated carbocycles. The predicted molar refractivity (Wildman–Crippen MR) is 40.3 cm³/mol. The van der Waals surface area contributed by atoms with Crippen LogP contribution in [0.3, 0.4) is 0 Å². The summed E-state index contributed by atoms with van der Waals surface area (Å²) < 4.78 is 25.2. The average molecular weight is 194 g/mol. The van der Waals surface area contributed by atoms with Gasteiger partial charge in [0, 0.05) is 11.6 Å². The van der Waals surface area contributed by atoms with E-state index in [1.165, 1.54) is 0 Å². The van der Waals surface area contributed by atoms with Gasteiger partial charge < -0.3 is 0 Å². The van der Waals surface area contributed by atoms with Gasteiger partial charge in [-0.2, -0.15) is 0 Å². The van der Waals surface area contributed by atoms with E-state index in [0.29, 0.717) is 6.07 Å². The number of halogens is 3. The molecular weight excluding hydrogens is 188 g/mol. The van der Waals surface area contributed by atoms with Gasteiger partial charge in [0.25, 0.3) is 0 Å². The maximum Gasteiger partial charge on any atom is 0.145 e. The minimum atomic E-state index is -0.816. The molecule has 0 radical (unpaired) electrons. The van der Waals surface area contributed by atoms with Crippen molar-refractivity contribution in [2.45, 2.75) is 6.61 Å². The Balaban J connectivity index is 3.09. The van der Waals surface area contributed by atoms with Gasteiger partial charge in [-0.15, -0.1) is 0 Å². The van der Waals surface area contributed by atoms with Crippen molar-refractivity contribution in [1.29, 1.82) is 0 Å². The lowest BCUT2D eigenvalue weighted by molar-refractivity contribution is 0.123. The third-order valence-electron chi connectivity index (χ3n) is 1.31. The van der Waals surface area contributed by atoms with E-state index in [2.05, 4.69) is 4.84 Å². The van der Waals surface area contributed by atoms with Gasteiger partial charge in [0.1, 0.15) is 11.6 Å². The van der Waals surface area contributed by atoms with Crippen LogP contribution in [0.1, 0.15) is 5.56 Å². The molecule has 1 aromatic rings. The Hall–Kier alpha value is -0.710. The summed E-state index contributed by atoms with van der Waals surface area (Å²) in [5, 5.41) is -0.165. The van der Waals surface area contributed by atoms with Gasteiger partial charge in [0.05, 0.1) is 11.6 Å². The zero-order valence-corrected chi connectivity index (χ0v) is 6.74. The molecule has 66 valence electrons. The van der Waals surface area contributed by atoms with Gasteiger partial charge in [0.15, 0.2) is 0 Å². The summed E-state index contributed by atoms with van der Waals surface area (Å²) in [4.78, 5) is 4.20. The standard InChI is InChI=1S/C7H6ClF2NO/c8-7-4(3-12-11)1-5(9)2-6(7)10/h1-2H,3,11H2. The first-order valence-electron chi connectivity index (χ1n) is 3.10. The fourth-order valence-electron chi connectivity index (χ4n) is 0.804. The van der Waals surface area contributed by atoms with E-state index in [-0.39, 0.29) is 17.2 Å². The van der Waals surface area contributed by atoms with E-state index in [1.807, 2.05) is 0 Å². The van der Waals surface area contributed by atoms with Crippen molar-refractivity contribution < 1.29 is 13.6 Å². The van der Waals surface area contributed by atoms with E-state index in [0.717, 1.165) is 6.07 Å². The Morgan fingerprint density at radius 2 is 2.08 bits per heavy atom. The van der Waals surface area contributed by atoms with Crippen molar-refractivity contribution in [2.75, 3.05) is 0 Å². The highest BCUT2D eigenvalue weighted by molar-refractivity contribution is 6.31. The normalized spacial score (nSPS) is 10.3. The fourth-order valence-corrected chi connectivity index (χ4v) is 0.968. The SMILES string of the molecule is NOCc1cc(F)cc(F)c1Cl. The van der Waals surface area contributed by atoms with Crippen LogP contribution in [0.15, 0.2) is 12.1 Å². The Labute approximate surface area is 72.8 Å². The van der Waals surface area contributed by atoms with E-state index >= 15 is 0 Å². The first-order chi connectivity index (χ1) is 5.65. The molecular formula is C7H6ClF2NO. The van der Waals surface area contributed by atoms with E-state index in [1.54, 1.807) is 0 Å². The second-order valence-corrected chi connectivity index (χ2v) is 2.55. The second kappa shape index (κ2) is 3.80. The summed E-state index contributed by atoms with van der Waals surface area (Å²) in [6.07, 6.45) is 0. The van der Waals surface area contributed by atoms with Gasteiger partial charge >= 0.3 is 0 Å². The molecule has 0 unspecified atom stereocenters. The number of nitrogens with two attached hydrogens (primary N) is 1. The van der Waals surface area contributed by atoms with Crippen LogP contribution < -0.4 is 5.90 Å². The van der Waals surface area contributed by atoms with Crippen LogP contribution in [-0.2, 0) is 11.4 Å². The number of benzene rings is 1. The van der Waals surface area contributed by atoms with Crippen molar-refractivity contribution in [3.63, 3.8) is 0 Å². The molecule has 12 heavy (non-hydrogen) atoms. The van der Waals surface area contributed by atoms with Crippen molar-refractivity contribution in [1.82, 2.24) is 0 Å². The highest BCUT2D eigenvalue weighted by atomic mass is 35.5. The molecule has 0 bridgehead atoms. The second-order valence-electron chi connectivity index (χ2n) is 2.17. The Bertz CT molecular complexity index is 293. The van der Waals surface area contributed by atoms with E-state index < -0.39 is 11.6 Å². The number of hydrogen-bond donors (Lipinski definition) is 1. The van der Waals surface area contributed by atoms with Crippen LogP contribution in [0, 0.1) is 11.6 Å². The molecule has 0 heterocycles. The molecule has 1 rings (SSSR count). The Morgan fingerprint density at radius 1 is 1.42 bits per heavy atom. The maximum atomic E-state index is 12.7. The molecule has 1 aromatic carbocycles. The highest BCUT2D eigenvalue weighted by Gasteiger charge is 2.08. The molecule has 0 aromatic heterocycles. The molecule has 0 saturated heterocycles. The molecule has 2 nitrogen and oxygen atoms in total. The summed E-state index contributed by atoms with van der Waals surface area (Å²) in [6, 6.07) is 1.76. The molecule has 0 fully saturated rings. The van der Waals surface area contributed by atoms with Crippen molar-refractivity contribution in [2.24, 2.45) is 5.90 Å². The fraction of sp³-hybridized carbons (Fsp3) is 0.143. The van der Waals surface area contributed by atoms with Gasteiger partial charge in [-0.25, -0.2) is 14.7 Å². The summed E-state index contributed by atoms with van der Waals surface area (Å²) in [5.41, 5.74) is 0.191. The van der Waals surface area contributed by atoms with Crippen LogP contribution >= 0.6 is 11.6 Å². The average Bonchev–Trinajstić information content (AvgIpc) is 2.00. The van der Waals surface area contributed by atoms with Crippen LogP contribution in [0.5, 0.6) is 0 Å². The minimum Gasteiger partial charge on any atom is -0.300 e. The van der Waals surface area contributed by atoms with Crippen molar-refractivity contribution in [3.8, 4) is 0 Å². The zero-order chi connectivity index (χ0) is 9.14. The summed E-state index contributed by atoms with van der Waals surface area (Å²) in [7, 11) is 0. The maximum absolute atomic E-state index is 12.7. The Morgan fingerprint density at radius 3 is 2.67 bits per heavy atom. The molecule has 0 amide bonds. The Kier molecular flexibility index (Phi) is 2.97. The highest BCUT2D eigenvalue weighted by Crippen LogP contribution is 2.21. The summed E-state index contributed by atoms with van der Waals surface area (Å²) in [6.45, 7) is -0.118. The molecule has 0 aliphatic rings. The molecule has 5 heteroatoms. The number of hydrogen-bond acceptors (Lipinski definition) is 2. The molecule has 0 aliphatic heterocycles. The van der Waals surface area contributed by atoms with E-state index in [9.17, 15) is 8.78 Å². The third-order valence-corrected chi connectivity index (χ3v) is 1.73. The largest absolute Gasteiger partial charge is 0.300 e. The van der Waals surface area contributed by atoms with Crippen LogP contribution in [0.25, 0.3) is 0 Å². The summed E-state index contributed by atoms with van der Waals surface area (Å²) >= 11 is 5.47. The minimum absolute atomic E-state index is 0.118. The third kappa shape index (κ3) is 1.91. The van der Waals surface area contributed by atoms with Gasteiger partial charge in [-0.05, 0) is 6.07 Å². The van der Waals surface area contributed by atoms with Gasteiger partial charge in [-0.1, -0.05) is 11.6 Å². The lowest BCUT2D eigenvalue weighted by Crippen LogP contribution is -2.01. The number of rotatable bonds is 2. The molecule has 0 spiro atoms. The topological polar surface area (TPSA) is 35.2 Å². The molecule has 0 atom stereocenters.